The van der Waals surface area contributed by atoms with Gasteiger partial charge in [-0.25, -0.2) is 9.97 Å². The molecule has 104 valence electrons. The van der Waals surface area contributed by atoms with Gasteiger partial charge in [-0.05, 0) is 19.3 Å². The van der Waals surface area contributed by atoms with Gasteiger partial charge >= 0.3 is 5.97 Å². The highest BCUT2D eigenvalue weighted by atomic mass is 32.2. The molecule has 0 spiro atoms. The van der Waals surface area contributed by atoms with Crippen LogP contribution in [0.1, 0.15) is 37.9 Å². The average molecular weight is 281 g/mol. The molecule has 0 unspecified atom stereocenters. The van der Waals surface area contributed by atoms with E-state index in [9.17, 15) is 4.79 Å². The Morgan fingerprint density at radius 1 is 1.53 bits per heavy atom. The van der Waals surface area contributed by atoms with Crippen molar-refractivity contribution in [2.75, 3.05) is 24.7 Å². The van der Waals surface area contributed by atoms with Crippen LogP contribution in [0.4, 0.5) is 5.82 Å². The number of aromatic nitrogens is 2. The van der Waals surface area contributed by atoms with E-state index in [1.54, 1.807) is 0 Å². The minimum atomic E-state index is -0.236. The van der Waals surface area contributed by atoms with Gasteiger partial charge in [-0.15, -0.1) is 0 Å². The smallest absolute Gasteiger partial charge is 0.316 e. The van der Waals surface area contributed by atoms with E-state index in [4.69, 9.17) is 0 Å². The number of hydrogen-bond donors (Lipinski definition) is 1. The molecule has 19 heavy (non-hydrogen) atoms. The molecule has 1 fully saturated rings. The second-order valence-electron chi connectivity index (χ2n) is 4.52. The van der Waals surface area contributed by atoms with Crippen molar-refractivity contribution in [1.82, 2.24) is 9.97 Å². The molecule has 0 radical (unpaired) electrons. The lowest BCUT2D eigenvalue weighted by atomic mass is 10.4. The van der Waals surface area contributed by atoms with Gasteiger partial charge in [-0.1, -0.05) is 18.7 Å². The molecule has 1 aliphatic rings. The Morgan fingerprint density at radius 3 is 2.95 bits per heavy atom. The van der Waals surface area contributed by atoms with Crippen molar-refractivity contribution in [3.05, 3.63) is 11.9 Å². The zero-order valence-electron chi connectivity index (χ0n) is 11.3. The van der Waals surface area contributed by atoms with Crippen LogP contribution in [0.5, 0.6) is 0 Å². The van der Waals surface area contributed by atoms with Crippen molar-refractivity contribution in [3.8, 4) is 0 Å². The fourth-order valence-corrected chi connectivity index (χ4v) is 2.31. The van der Waals surface area contributed by atoms with Crippen LogP contribution in [-0.4, -0.2) is 35.3 Å². The predicted molar refractivity (Wildman–Crippen MR) is 75.5 cm³/mol. The minimum absolute atomic E-state index is 0.236. The summed E-state index contributed by atoms with van der Waals surface area (Å²) < 4.78 is 4.64. The van der Waals surface area contributed by atoms with E-state index in [0.717, 1.165) is 29.6 Å². The number of nitrogens with zero attached hydrogens (tertiary/aromatic N) is 2. The summed E-state index contributed by atoms with van der Waals surface area (Å²) in [6.45, 7) is 3.01. The standard InChI is InChI=1S/C13H19N3O2S/c1-3-6-14-10-7-11(19-8-12(17)18-2)16-13(15-10)9-4-5-9/h7,9H,3-6,8H2,1-2H3,(H,14,15,16). The monoisotopic (exact) mass is 281 g/mol. The number of esters is 1. The van der Waals surface area contributed by atoms with Gasteiger partial charge in [0.05, 0.1) is 12.9 Å². The van der Waals surface area contributed by atoms with Crippen LogP contribution in [0.3, 0.4) is 0 Å². The summed E-state index contributed by atoms with van der Waals surface area (Å²) in [6.07, 6.45) is 3.38. The van der Waals surface area contributed by atoms with E-state index in [1.165, 1.54) is 31.7 Å². The van der Waals surface area contributed by atoms with Gasteiger partial charge in [0.25, 0.3) is 0 Å². The van der Waals surface area contributed by atoms with Crippen molar-refractivity contribution in [2.24, 2.45) is 0 Å². The summed E-state index contributed by atoms with van der Waals surface area (Å²) in [7, 11) is 1.40. The van der Waals surface area contributed by atoms with E-state index < -0.39 is 0 Å². The summed E-state index contributed by atoms with van der Waals surface area (Å²) in [5.41, 5.74) is 0. The fraction of sp³-hybridized carbons (Fsp3) is 0.615. The third-order valence-corrected chi connectivity index (χ3v) is 3.67. The molecule has 0 bridgehead atoms. The second kappa shape index (κ2) is 6.75. The van der Waals surface area contributed by atoms with Crippen molar-refractivity contribution < 1.29 is 9.53 Å². The van der Waals surface area contributed by atoms with E-state index in [0.29, 0.717) is 5.92 Å². The zero-order chi connectivity index (χ0) is 13.7. The normalized spacial score (nSPS) is 14.2. The predicted octanol–water partition coefficient (Wildman–Crippen LogP) is 2.44. The van der Waals surface area contributed by atoms with Crippen molar-refractivity contribution in [2.45, 2.75) is 37.1 Å². The highest BCUT2D eigenvalue weighted by Crippen LogP contribution is 2.39. The molecule has 0 aromatic carbocycles. The SMILES string of the molecule is CCCNc1cc(SCC(=O)OC)nc(C2CC2)n1. The van der Waals surface area contributed by atoms with Gasteiger partial charge in [-0.3, -0.25) is 4.79 Å². The number of anilines is 1. The lowest BCUT2D eigenvalue weighted by Crippen LogP contribution is -2.07. The summed E-state index contributed by atoms with van der Waals surface area (Å²) in [5, 5.41) is 4.11. The lowest BCUT2D eigenvalue weighted by Gasteiger charge is -2.08. The molecule has 1 N–H and O–H groups in total. The largest absolute Gasteiger partial charge is 0.468 e. The summed E-state index contributed by atoms with van der Waals surface area (Å²) in [6, 6.07) is 1.90. The van der Waals surface area contributed by atoms with E-state index in [1.807, 2.05) is 6.07 Å². The number of carbonyl (C=O) groups excluding carboxylic acids is 1. The molecule has 1 aromatic rings. The van der Waals surface area contributed by atoms with Crippen molar-refractivity contribution >= 4 is 23.5 Å². The van der Waals surface area contributed by atoms with Crippen LogP contribution < -0.4 is 5.32 Å². The Morgan fingerprint density at radius 2 is 2.32 bits per heavy atom. The number of ether oxygens (including phenoxy) is 1. The topological polar surface area (TPSA) is 64.1 Å². The molecule has 1 aliphatic carbocycles. The Bertz CT molecular complexity index is 450. The molecule has 0 atom stereocenters. The summed E-state index contributed by atoms with van der Waals surface area (Å²) >= 11 is 1.39. The van der Waals surface area contributed by atoms with E-state index in [2.05, 4.69) is 26.9 Å². The van der Waals surface area contributed by atoms with Crippen LogP contribution in [-0.2, 0) is 9.53 Å². The van der Waals surface area contributed by atoms with Gasteiger partial charge in [-0.2, -0.15) is 0 Å². The number of rotatable bonds is 7. The summed E-state index contributed by atoms with van der Waals surface area (Å²) in [4.78, 5) is 20.2. The van der Waals surface area contributed by atoms with E-state index >= 15 is 0 Å². The first-order valence-electron chi connectivity index (χ1n) is 6.55. The third-order valence-electron chi connectivity index (χ3n) is 2.78. The first-order chi connectivity index (χ1) is 9.22. The van der Waals surface area contributed by atoms with Gasteiger partial charge < -0.3 is 10.1 Å². The maximum absolute atomic E-state index is 11.2. The maximum Gasteiger partial charge on any atom is 0.316 e. The average Bonchev–Trinajstić information content (AvgIpc) is 3.26. The number of carbonyl (C=O) groups is 1. The highest BCUT2D eigenvalue weighted by molar-refractivity contribution is 7.99. The highest BCUT2D eigenvalue weighted by Gasteiger charge is 2.27. The molecule has 5 nitrogen and oxygen atoms in total. The van der Waals surface area contributed by atoms with Crippen LogP contribution in [0.15, 0.2) is 11.1 Å². The van der Waals surface area contributed by atoms with Gasteiger partial charge in [0.1, 0.15) is 16.7 Å². The molecule has 0 amide bonds. The Kier molecular flexibility index (Phi) is 5.01. The Hall–Kier alpha value is -1.30. The first kappa shape index (κ1) is 14.1. The van der Waals surface area contributed by atoms with Crippen molar-refractivity contribution in [3.63, 3.8) is 0 Å². The first-order valence-corrected chi connectivity index (χ1v) is 7.54. The third kappa shape index (κ3) is 4.38. The summed E-state index contributed by atoms with van der Waals surface area (Å²) in [5.74, 6) is 2.30. The molecule has 1 saturated carbocycles. The Balaban J connectivity index is 2.07. The molecular formula is C13H19N3O2S. The fourth-order valence-electron chi connectivity index (χ4n) is 1.58. The van der Waals surface area contributed by atoms with Crippen LogP contribution in [0.25, 0.3) is 0 Å². The molecule has 0 saturated heterocycles. The number of thioether (sulfide) groups is 1. The quantitative estimate of drug-likeness (QED) is 0.470. The minimum Gasteiger partial charge on any atom is -0.468 e. The van der Waals surface area contributed by atoms with Crippen LogP contribution in [0.2, 0.25) is 0 Å². The van der Waals surface area contributed by atoms with E-state index in [-0.39, 0.29) is 11.7 Å². The molecular weight excluding hydrogens is 262 g/mol. The molecule has 6 heteroatoms. The lowest BCUT2D eigenvalue weighted by molar-refractivity contribution is -0.137. The van der Waals surface area contributed by atoms with Gasteiger partial charge in [0.15, 0.2) is 0 Å². The number of methoxy groups -OCH3 is 1. The molecule has 1 heterocycles. The molecule has 1 aromatic heterocycles. The van der Waals surface area contributed by atoms with Gasteiger partial charge in [0, 0.05) is 18.5 Å². The zero-order valence-corrected chi connectivity index (χ0v) is 12.1. The van der Waals surface area contributed by atoms with Crippen LogP contribution >= 0.6 is 11.8 Å². The van der Waals surface area contributed by atoms with Gasteiger partial charge in [0.2, 0.25) is 0 Å². The van der Waals surface area contributed by atoms with Crippen molar-refractivity contribution in [1.29, 1.82) is 0 Å². The number of hydrogen-bond acceptors (Lipinski definition) is 6. The number of nitrogens with one attached hydrogen (secondary N) is 1. The van der Waals surface area contributed by atoms with Crippen LogP contribution in [0, 0.1) is 0 Å². The molecule has 0 aliphatic heterocycles. The second-order valence-corrected chi connectivity index (χ2v) is 5.51. The Labute approximate surface area is 117 Å². The maximum atomic E-state index is 11.2. The molecule has 2 rings (SSSR count).